The Morgan fingerprint density at radius 2 is 2.45 bits per heavy atom. The Morgan fingerprint density at radius 3 is 3.00 bits per heavy atom. The van der Waals surface area contributed by atoms with E-state index in [1.807, 2.05) is 19.6 Å². The lowest BCUT2D eigenvalue weighted by molar-refractivity contribution is 0.389. The highest BCUT2D eigenvalue weighted by molar-refractivity contribution is 6.52. The maximum Gasteiger partial charge on any atom is 0.154 e. The first kappa shape index (κ1) is 8.36. The Kier molecular flexibility index (Phi) is 2.73. The summed E-state index contributed by atoms with van der Waals surface area (Å²) < 4.78 is 0. The molecule has 1 radical (unpaired) electrons. The predicted molar refractivity (Wildman–Crippen MR) is 45.9 cm³/mol. The molecule has 0 saturated carbocycles. The molecule has 0 spiro atoms. The molecular formula is C6H7BClN2O. The van der Waals surface area contributed by atoms with Gasteiger partial charge in [-0.3, -0.25) is 10.7 Å². The highest BCUT2D eigenvalue weighted by atomic mass is 35.5. The number of pyridine rings is 1. The fourth-order valence-corrected chi connectivity index (χ4v) is 0.846. The molecule has 0 aliphatic heterocycles. The highest BCUT2D eigenvalue weighted by Gasteiger charge is 2.00. The van der Waals surface area contributed by atoms with Crippen LogP contribution in [0.5, 0.6) is 0 Å². The largest absolute Gasteiger partial charge is 0.291 e. The van der Waals surface area contributed by atoms with E-state index in [1.165, 1.54) is 0 Å². The minimum absolute atomic E-state index is 0.262. The minimum atomic E-state index is 0.262. The number of aromatic nitrogens is 1. The Hall–Kier alpha value is -0.735. The molecular weight excluding hydrogens is 162 g/mol. The number of hydrogen-bond donors (Lipinski definition) is 2. The first-order chi connectivity index (χ1) is 5.27. The van der Waals surface area contributed by atoms with Gasteiger partial charge in [-0.1, -0.05) is 23.9 Å². The second-order valence-electron chi connectivity index (χ2n) is 2.01. The summed E-state index contributed by atoms with van der Waals surface area (Å²) in [6.07, 6.45) is 1.63. The van der Waals surface area contributed by atoms with E-state index in [9.17, 15) is 0 Å². The molecule has 0 amide bonds. The topological polar surface area (TPSA) is 45.2 Å². The molecule has 1 heterocycles. The molecule has 57 valence electrons. The van der Waals surface area contributed by atoms with Crippen molar-refractivity contribution in [3.63, 3.8) is 0 Å². The van der Waals surface area contributed by atoms with Crippen molar-refractivity contribution >= 4 is 30.0 Å². The Morgan fingerprint density at radius 1 is 1.73 bits per heavy atom. The Labute approximate surface area is 70.6 Å². The number of nitrogens with one attached hydrogen (secondary N) is 1. The van der Waals surface area contributed by atoms with Gasteiger partial charge in [0, 0.05) is 6.20 Å². The van der Waals surface area contributed by atoms with Crippen molar-refractivity contribution in [1.82, 2.24) is 4.98 Å². The van der Waals surface area contributed by atoms with Gasteiger partial charge in [-0.2, -0.15) is 0 Å². The van der Waals surface area contributed by atoms with E-state index in [4.69, 9.17) is 16.8 Å². The van der Waals surface area contributed by atoms with Crippen LogP contribution in [0.15, 0.2) is 12.3 Å². The van der Waals surface area contributed by atoms with Crippen LogP contribution in [0.2, 0.25) is 12.0 Å². The van der Waals surface area contributed by atoms with Crippen LogP contribution in [-0.4, -0.2) is 17.5 Å². The van der Waals surface area contributed by atoms with Gasteiger partial charge in [0.15, 0.2) is 5.15 Å². The Balaban J connectivity index is 3.02. The molecule has 1 rings (SSSR count). The Bertz CT molecular complexity index is 256. The van der Waals surface area contributed by atoms with Gasteiger partial charge < -0.3 is 0 Å². The monoisotopic (exact) mass is 169 g/mol. The van der Waals surface area contributed by atoms with Crippen molar-refractivity contribution in [1.29, 1.82) is 0 Å². The zero-order valence-corrected chi connectivity index (χ0v) is 6.76. The molecule has 0 fully saturated rings. The fraction of sp³-hybridized carbons (Fsp3) is 0.167. The molecule has 0 bridgehead atoms. The van der Waals surface area contributed by atoms with Gasteiger partial charge in [0.25, 0.3) is 0 Å². The second-order valence-corrected chi connectivity index (χ2v) is 2.37. The van der Waals surface area contributed by atoms with Gasteiger partial charge in [-0.15, -0.1) is 0 Å². The third-order valence-electron chi connectivity index (χ3n) is 1.31. The summed E-state index contributed by atoms with van der Waals surface area (Å²) in [6.45, 7) is 1.88. The lowest BCUT2D eigenvalue weighted by Crippen LogP contribution is -2.12. The molecule has 3 nitrogen and oxygen atoms in total. The maximum atomic E-state index is 8.55. The molecule has 5 heteroatoms. The van der Waals surface area contributed by atoms with E-state index >= 15 is 0 Å². The van der Waals surface area contributed by atoms with E-state index in [2.05, 4.69) is 4.98 Å². The smallest absolute Gasteiger partial charge is 0.154 e. The van der Waals surface area contributed by atoms with Crippen LogP contribution in [0.1, 0.15) is 0 Å². The van der Waals surface area contributed by atoms with E-state index in [0.717, 1.165) is 5.46 Å². The summed E-state index contributed by atoms with van der Waals surface area (Å²) >= 11 is 5.61. The third kappa shape index (κ3) is 1.85. The predicted octanol–water partition coefficient (Wildman–Crippen LogP) is 0.914. The van der Waals surface area contributed by atoms with Crippen molar-refractivity contribution in [2.24, 2.45) is 0 Å². The van der Waals surface area contributed by atoms with Gasteiger partial charge in [-0.25, -0.2) is 4.98 Å². The first-order valence-electron chi connectivity index (χ1n) is 3.13. The van der Waals surface area contributed by atoms with Crippen LogP contribution >= 0.6 is 11.6 Å². The second kappa shape index (κ2) is 3.60. The summed E-state index contributed by atoms with van der Waals surface area (Å²) in [7, 11) is 1.87. The van der Waals surface area contributed by atoms with Crippen molar-refractivity contribution < 1.29 is 5.21 Å². The average Bonchev–Trinajstić information content (AvgIpc) is 2.05. The number of hydrogen-bond acceptors (Lipinski definition) is 3. The lowest BCUT2D eigenvalue weighted by Gasteiger charge is -2.02. The molecule has 2 N–H and O–H groups in total. The zero-order chi connectivity index (χ0) is 8.27. The standard InChI is InChI=1S/C6H7BClN2O/c1-7-4-2-5(10-11)6(8)9-3-4/h2-3,10-11H,1H3. The zero-order valence-electron chi connectivity index (χ0n) is 6.00. The van der Waals surface area contributed by atoms with Gasteiger partial charge >= 0.3 is 0 Å². The van der Waals surface area contributed by atoms with Gasteiger partial charge in [0.1, 0.15) is 7.28 Å². The highest BCUT2D eigenvalue weighted by Crippen LogP contribution is 2.14. The first-order valence-corrected chi connectivity index (χ1v) is 3.50. The third-order valence-corrected chi connectivity index (χ3v) is 1.62. The van der Waals surface area contributed by atoms with Gasteiger partial charge in [0.2, 0.25) is 0 Å². The van der Waals surface area contributed by atoms with Crippen LogP contribution in [0, 0.1) is 0 Å². The van der Waals surface area contributed by atoms with Crippen molar-refractivity contribution in [2.45, 2.75) is 6.82 Å². The molecule has 11 heavy (non-hydrogen) atoms. The molecule has 0 saturated heterocycles. The molecule has 0 aromatic carbocycles. The number of anilines is 1. The normalized spacial score (nSPS) is 9.36. The number of halogens is 1. The van der Waals surface area contributed by atoms with Crippen molar-refractivity contribution in [3.05, 3.63) is 17.4 Å². The van der Waals surface area contributed by atoms with E-state index in [-0.39, 0.29) is 5.15 Å². The van der Waals surface area contributed by atoms with Crippen LogP contribution in [0.4, 0.5) is 5.69 Å². The molecule has 1 aromatic heterocycles. The number of rotatable bonds is 2. The summed E-state index contributed by atoms with van der Waals surface area (Å²) in [5, 5.41) is 8.81. The quantitative estimate of drug-likeness (QED) is 0.393. The summed E-state index contributed by atoms with van der Waals surface area (Å²) in [5.74, 6) is 0. The average molecular weight is 169 g/mol. The van der Waals surface area contributed by atoms with Crippen LogP contribution in [0.25, 0.3) is 0 Å². The van der Waals surface area contributed by atoms with Crippen LogP contribution < -0.4 is 10.9 Å². The maximum absolute atomic E-state index is 8.55. The van der Waals surface area contributed by atoms with Crippen LogP contribution in [0.3, 0.4) is 0 Å². The van der Waals surface area contributed by atoms with Crippen LogP contribution in [-0.2, 0) is 0 Å². The molecule has 0 aliphatic carbocycles. The SMILES string of the molecule is C[B]c1cnc(Cl)c(NO)c1. The van der Waals surface area contributed by atoms with Gasteiger partial charge in [-0.05, 0) is 6.07 Å². The van der Waals surface area contributed by atoms with Crippen molar-refractivity contribution in [3.8, 4) is 0 Å². The molecule has 0 atom stereocenters. The lowest BCUT2D eigenvalue weighted by atomic mass is 9.74. The summed E-state index contributed by atoms with van der Waals surface area (Å²) in [5.41, 5.74) is 3.28. The molecule has 0 unspecified atom stereocenters. The molecule has 1 aromatic rings. The minimum Gasteiger partial charge on any atom is -0.291 e. The fourth-order valence-electron chi connectivity index (χ4n) is 0.701. The number of nitrogens with zero attached hydrogens (tertiary/aromatic N) is 1. The summed E-state index contributed by atoms with van der Waals surface area (Å²) in [4.78, 5) is 3.83. The van der Waals surface area contributed by atoms with Gasteiger partial charge in [0.05, 0.1) is 5.69 Å². The van der Waals surface area contributed by atoms with E-state index in [1.54, 1.807) is 12.3 Å². The van der Waals surface area contributed by atoms with Crippen molar-refractivity contribution in [2.75, 3.05) is 5.48 Å². The molecule has 0 aliphatic rings. The van der Waals surface area contributed by atoms with E-state index < -0.39 is 0 Å². The summed E-state index contributed by atoms with van der Waals surface area (Å²) in [6, 6.07) is 1.70. The van der Waals surface area contributed by atoms with E-state index in [0.29, 0.717) is 5.69 Å².